The van der Waals surface area contributed by atoms with E-state index in [0.29, 0.717) is 28.5 Å². The summed E-state index contributed by atoms with van der Waals surface area (Å²) in [7, 11) is 1.45. The molecule has 1 aromatic carbocycles. The lowest BCUT2D eigenvalue weighted by molar-refractivity contribution is 0.0522. The van der Waals surface area contributed by atoms with E-state index in [1.54, 1.807) is 39.0 Å². The lowest BCUT2D eigenvalue weighted by Crippen LogP contribution is -2.17. The summed E-state index contributed by atoms with van der Waals surface area (Å²) in [5.74, 6) is -0.335. The first-order valence-corrected chi connectivity index (χ1v) is 8.51. The molecule has 0 fully saturated rings. The molecule has 0 saturated carbocycles. The lowest BCUT2D eigenvalue weighted by Gasteiger charge is -2.12. The summed E-state index contributed by atoms with van der Waals surface area (Å²) in [6.07, 6.45) is 0. The number of nitrogens with one attached hydrogen (secondary N) is 1. The molecule has 2 rings (SSSR count). The maximum Gasteiger partial charge on any atom is 0.340 e. The average Bonchev–Trinajstić information content (AvgIpc) is 2.93. The Bertz CT molecular complexity index is 881. The number of ether oxygens (including phenoxy) is 3. The Kier molecular flexibility index (Phi) is 6.39. The summed E-state index contributed by atoms with van der Waals surface area (Å²) in [6.45, 7) is 6.50. The Morgan fingerprint density at radius 1 is 1.04 bits per heavy atom. The molecule has 0 aliphatic carbocycles. The number of esters is 1. The number of hydrogen-bond donors (Lipinski definition) is 1. The molecule has 0 aliphatic heterocycles. The van der Waals surface area contributed by atoms with E-state index in [1.807, 2.05) is 0 Å². The molecule has 0 radical (unpaired) electrons. The molecule has 0 atom stereocenters. The monoisotopic (exact) mass is 373 g/mol. The number of H-pyrrole nitrogens is 1. The molecule has 0 unspecified atom stereocenters. The summed E-state index contributed by atoms with van der Waals surface area (Å²) >= 11 is 0. The fourth-order valence-electron chi connectivity index (χ4n) is 2.81. The second kappa shape index (κ2) is 8.53. The highest BCUT2D eigenvalue weighted by atomic mass is 16.5. The second-order valence-electron chi connectivity index (χ2n) is 5.98. The minimum atomic E-state index is -0.550. The number of aromatic nitrogens is 1. The molecular formula is C20H23NO6. The van der Waals surface area contributed by atoms with E-state index in [9.17, 15) is 14.4 Å². The first-order valence-electron chi connectivity index (χ1n) is 8.51. The third kappa shape index (κ3) is 4.36. The molecule has 2 aromatic rings. The van der Waals surface area contributed by atoms with Crippen molar-refractivity contribution >= 4 is 17.5 Å². The average molecular weight is 373 g/mol. The number of Topliss-reactive ketones (excluding diaryl/α,β-unsaturated/α-hetero) is 2. The van der Waals surface area contributed by atoms with E-state index in [0.717, 1.165) is 0 Å². The Morgan fingerprint density at radius 2 is 1.70 bits per heavy atom. The summed E-state index contributed by atoms with van der Waals surface area (Å²) in [5.41, 5.74) is 2.10. The molecule has 0 amide bonds. The summed E-state index contributed by atoms with van der Waals surface area (Å²) in [6, 6.07) is 4.72. The molecule has 0 saturated heterocycles. The first kappa shape index (κ1) is 20.2. The van der Waals surface area contributed by atoms with E-state index < -0.39 is 5.97 Å². The van der Waals surface area contributed by atoms with Gasteiger partial charge in [-0.1, -0.05) is 0 Å². The second-order valence-corrected chi connectivity index (χ2v) is 5.98. The van der Waals surface area contributed by atoms with Crippen molar-refractivity contribution in [3.8, 4) is 11.5 Å². The van der Waals surface area contributed by atoms with Crippen LogP contribution >= 0.6 is 0 Å². The van der Waals surface area contributed by atoms with Crippen LogP contribution in [0.15, 0.2) is 18.2 Å². The largest absolute Gasteiger partial charge is 0.493 e. The summed E-state index contributed by atoms with van der Waals surface area (Å²) in [4.78, 5) is 39.4. The molecule has 7 nitrogen and oxygen atoms in total. The van der Waals surface area contributed by atoms with Crippen molar-refractivity contribution in [1.29, 1.82) is 0 Å². The van der Waals surface area contributed by atoms with Crippen molar-refractivity contribution in [3.63, 3.8) is 0 Å². The van der Waals surface area contributed by atoms with Crippen LogP contribution in [-0.4, -0.2) is 42.8 Å². The molecule has 0 bridgehead atoms. The van der Waals surface area contributed by atoms with Crippen molar-refractivity contribution in [2.75, 3.05) is 20.3 Å². The number of benzene rings is 1. The van der Waals surface area contributed by atoms with Crippen molar-refractivity contribution in [3.05, 3.63) is 46.3 Å². The minimum Gasteiger partial charge on any atom is -0.493 e. The van der Waals surface area contributed by atoms with E-state index in [4.69, 9.17) is 14.2 Å². The molecule has 0 aliphatic rings. The van der Waals surface area contributed by atoms with Gasteiger partial charge < -0.3 is 19.2 Å². The minimum absolute atomic E-state index is 0.103. The van der Waals surface area contributed by atoms with Crippen LogP contribution in [0, 0.1) is 13.8 Å². The molecule has 144 valence electrons. The van der Waals surface area contributed by atoms with Crippen LogP contribution < -0.4 is 9.47 Å². The SMILES string of the molecule is CCOC(=O)c1c(C)[nH]c(C)c1C(=O)COc1ccc(C(C)=O)cc1OC. The normalized spacial score (nSPS) is 10.4. The van der Waals surface area contributed by atoms with Crippen LogP contribution in [0.1, 0.15) is 56.3 Å². The highest BCUT2D eigenvalue weighted by Gasteiger charge is 2.25. The first-order chi connectivity index (χ1) is 12.8. The molecule has 27 heavy (non-hydrogen) atoms. The van der Waals surface area contributed by atoms with Crippen LogP contribution in [-0.2, 0) is 4.74 Å². The van der Waals surface area contributed by atoms with E-state index in [1.165, 1.54) is 14.0 Å². The van der Waals surface area contributed by atoms with E-state index in [-0.39, 0.29) is 35.9 Å². The number of aromatic amines is 1. The topological polar surface area (TPSA) is 94.7 Å². The van der Waals surface area contributed by atoms with Gasteiger partial charge in [0.05, 0.1) is 24.8 Å². The number of aryl methyl sites for hydroxylation is 2. The van der Waals surface area contributed by atoms with E-state index in [2.05, 4.69) is 4.98 Å². The number of ketones is 2. The summed E-state index contributed by atoms with van der Waals surface area (Å²) < 4.78 is 15.9. The van der Waals surface area contributed by atoms with Gasteiger partial charge in [0.1, 0.15) is 0 Å². The van der Waals surface area contributed by atoms with Gasteiger partial charge in [0.25, 0.3) is 0 Å². The number of rotatable bonds is 8. The van der Waals surface area contributed by atoms with Crippen LogP contribution in [0.3, 0.4) is 0 Å². The predicted octanol–water partition coefficient (Wildman–Crippen LogP) is 3.28. The smallest absolute Gasteiger partial charge is 0.340 e. The third-order valence-corrected chi connectivity index (χ3v) is 4.06. The van der Waals surface area contributed by atoms with Crippen LogP contribution in [0.4, 0.5) is 0 Å². The molecule has 7 heteroatoms. The number of methoxy groups -OCH3 is 1. The zero-order chi connectivity index (χ0) is 20.1. The van der Waals surface area contributed by atoms with Gasteiger partial charge in [-0.25, -0.2) is 4.79 Å². The maximum absolute atomic E-state index is 12.7. The Morgan fingerprint density at radius 3 is 2.30 bits per heavy atom. The highest BCUT2D eigenvalue weighted by Crippen LogP contribution is 2.29. The van der Waals surface area contributed by atoms with Gasteiger partial charge in [-0.3, -0.25) is 9.59 Å². The van der Waals surface area contributed by atoms with Gasteiger partial charge in [-0.2, -0.15) is 0 Å². The number of carbonyl (C=O) groups excluding carboxylic acids is 3. The van der Waals surface area contributed by atoms with Gasteiger partial charge in [0.2, 0.25) is 5.78 Å². The third-order valence-electron chi connectivity index (χ3n) is 4.06. The summed E-state index contributed by atoms with van der Waals surface area (Å²) in [5, 5.41) is 0. The van der Waals surface area contributed by atoms with Crippen molar-refractivity contribution in [2.45, 2.75) is 27.7 Å². The zero-order valence-corrected chi connectivity index (χ0v) is 16.1. The fraction of sp³-hybridized carbons (Fsp3) is 0.350. The van der Waals surface area contributed by atoms with Crippen LogP contribution in [0.5, 0.6) is 11.5 Å². The lowest BCUT2D eigenvalue weighted by atomic mass is 10.1. The maximum atomic E-state index is 12.7. The van der Waals surface area contributed by atoms with Crippen molar-refractivity contribution in [1.82, 2.24) is 4.98 Å². The van der Waals surface area contributed by atoms with Gasteiger partial charge in [0, 0.05) is 17.0 Å². The van der Waals surface area contributed by atoms with E-state index >= 15 is 0 Å². The fourth-order valence-corrected chi connectivity index (χ4v) is 2.81. The molecule has 1 aromatic heterocycles. The standard InChI is InChI=1S/C20H23NO6/c1-6-26-20(24)19-12(3)21-11(2)18(19)15(23)10-27-16-8-7-14(13(4)22)9-17(16)25-5/h7-9,21H,6,10H2,1-5H3. The number of hydrogen-bond acceptors (Lipinski definition) is 6. The van der Waals surface area contributed by atoms with Crippen molar-refractivity contribution in [2.24, 2.45) is 0 Å². The molecule has 0 spiro atoms. The van der Waals surface area contributed by atoms with Crippen LogP contribution in [0.2, 0.25) is 0 Å². The predicted molar refractivity (Wildman–Crippen MR) is 99.0 cm³/mol. The Hall–Kier alpha value is -3.09. The Labute approximate surface area is 157 Å². The van der Waals surface area contributed by atoms with Crippen molar-refractivity contribution < 1.29 is 28.6 Å². The highest BCUT2D eigenvalue weighted by molar-refractivity contribution is 6.08. The number of carbonyl (C=O) groups is 3. The van der Waals surface area contributed by atoms with Gasteiger partial charge >= 0.3 is 5.97 Å². The van der Waals surface area contributed by atoms with Crippen LogP contribution in [0.25, 0.3) is 0 Å². The Balaban J connectivity index is 2.24. The quantitative estimate of drug-likeness (QED) is 0.564. The molecule has 1 N–H and O–H groups in total. The zero-order valence-electron chi connectivity index (χ0n) is 16.1. The molecular weight excluding hydrogens is 350 g/mol. The molecule has 1 heterocycles. The van der Waals surface area contributed by atoms with Gasteiger partial charge in [-0.05, 0) is 45.9 Å². The van der Waals surface area contributed by atoms with Gasteiger partial charge in [0.15, 0.2) is 23.9 Å². The van der Waals surface area contributed by atoms with Gasteiger partial charge in [-0.15, -0.1) is 0 Å².